The summed E-state index contributed by atoms with van der Waals surface area (Å²) in [5.74, 6) is 0. The lowest BCUT2D eigenvalue weighted by Crippen LogP contribution is -1.98. The SMILES string of the molecule is O=C(Cl)[C@H](F)c1ccccc1. The van der Waals surface area contributed by atoms with Gasteiger partial charge < -0.3 is 0 Å². The van der Waals surface area contributed by atoms with E-state index in [9.17, 15) is 9.18 Å². The quantitative estimate of drug-likeness (QED) is 0.627. The van der Waals surface area contributed by atoms with Crippen LogP contribution in [0.25, 0.3) is 0 Å². The van der Waals surface area contributed by atoms with Crippen molar-refractivity contribution >= 4 is 16.8 Å². The van der Waals surface area contributed by atoms with Crippen LogP contribution in [0.4, 0.5) is 4.39 Å². The summed E-state index contributed by atoms with van der Waals surface area (Å²) in [5.41, 5.74) is 0.299. The summed E-state index contributed by atoms with van der Waals surface area (Å²) in [5, 5.41) is -0.976. The van der Waals surface area contributed by atoms with Gasteiger partial charge in [0.2, 0.25) is 0 Å². The maximum Gasteiger partial charge on any atom is 0.260 e. The van der Waals surface area contributed by atoms with Crippen LogP contribution in [0.3, 0.4) is 0 Å². The fraction of sp³-hybridized carbons (Fsp3) is 0.125. The van der Waals surface area contributed by atoms with Gasteiger partial charge in [-0.15, -0.1) is 0 Å². The average Bonchev–Trinajstić information content (AvgIpc) is 2.05. The monoisotopic (exact) mass is 172 g/mol. The Hall–Kier alpha value is -0.890. The summed E-state index contributed by atoms with van der Waals surface area (Å²) in [4.78, 5) is 10.3. The van der Waals surface area contributed by atoms with Crippen LogP contribution < -0.4 is 0 Å². The molecule has 0 aliphatic rings. The van der Waals surface area contributed by atoms with Gasteiger partial charge in [0.25, 0.3) is 5.24 Å². The van der Waals surface area contributed by atoms with Gasteiger partial charge in [0.1, 0.15) is 0 Å². The minimum Gasteiger partial charge on any atom is -0.278 e. The van der Waals surface area contributed by atoms with Crippen molar-refractivity contribution in [1.82, 2.24) is 0 Å². The second-order valence-corrected chi connectivity index (χ2v) is 2.45. The predicted molar refractivity (Wildman–Crippen MR) is 41.2 cm³/mol. The molecule has 1 aromatic rings. The van der Waals surface area contributed by atoms with Crippen LogP contribution in [-0.4, -0.2) is 5.24 Å². The van der Waals surface area contributed by atoms with Gasteiger partial charge in [0, 0.05) is 0 Å². The molecule has 1 aromatic carbocycles. The van der Waals surface area contributed by atoms with E-state index >= 15 is 0 Å². The van der Waals surface area contributed by atoms with E-state index in [2.05, 4.69) is 0 Å². The highest BCUT2D eigenvalue weighted by Crippen LogP contribution is 2.18. The Balaban J connectivity index is 2.85. The van der Waals surface area contributed by atoms with Crippen LogP contribution in [0, 0.1) is 0 Å². The lowest BCUT2D eigenvalue weighted by molar-refractivity contribution is -0.116. The highest BCUT2D eigenvalue weighted by atomic mass is 35.5. The molecule has 11 heavy (non-hydrogen) atoms. The van der Waals surface area contributed by atoms with E-state index in [1.165, 1.54) is 12.1 Å². The minimum atomic E-state index is -1.70. The third kappa shape index (κ3) is 2.02. The second-order valence-electron chi connectivity index (χ2n) is 2.08. The van der Waals surface area contributed by atoms with Gasteiger partial charge in [-0.1, -0.05) is 30.3 Å². The lowest BCUT2D eigenvalue weighted by Gasteiger charge is -2.00. The molecule has 0 saturated carbocycles. The molecular formula is C8H6ClFO. The molecule has 1 nitrogen and oxygen atoms in total. The van der Waals surface area contributed by atoms with Crippen LogP contribution in [0.2, 0.25) is 0 Å². The summed E-state index contributed by atoms with van der Waals surface area (Å²) >= 11 is 4.95. The standard InChI is InChI=1S/C8H6ClFO/c9-8(11)7(10)6-4-2-1-3-5-6/h1-5,7H/t7-/m1/s1. The van der Waals surface area contributed by atoms with Gasteiger partial charge in [0.05, 0.1) is 0 Å². The molecule has 1 rings (SSSR count). The zero-order chi connectivity index (χ0) is 8.27. The summed E-state index contributed by atoms with van der Waals surface area (Å²) in [6.45, 7) is 0. The third-order valence-electron chi connectivity index (χ3n) is 1.29. The van der Waals surface area contributed by atoms with Crippen molar-refractivity contribution in [3.8, 4) is 0 Å². The molecule has 3 heteroatoms. The second kappa shape index (κ2) is 3.49. The Kier molecular flexibility index (Phi) is 2.60. The molecule has 0 spiro atoms. The van der Waals surface area contributed by atoms with Gasteiger partial charge in [-0.2, -0.15) is 0 Å². The summed E-state index contributed by atoms with van der Waals surface area (Å²) in [7, 11) is 0. The smallest absolute Gasteiger partial charge is 0.260 e. The zero-order valence-corrected chi connectivity index (χ0v) is 6.38. The Morgan fingerprint density at radius 2 is 1.91 bits per heavy atom. The lowest BCUT2D eigenvalue weighted by atomic mass is 10.1. The molecule has 0 aliphatic heterocycles. The molecule has 0 amide bonds. The number of alkyl halides is 1. The molecule has 0 saturated heterocycles. The van der Waals surface area contributed by atoms with Crippen molar-refractivity contribution < 1.29 is 9.18 Å². The normalized spacial score (nSPS) is 12.5. The van der Waals surface area contributed by atoms with E-state index in [4.69, 9.17) is 11.6 Å². The molecule has 58 valence electrons. The van der Waals surface area contributed by atoms with Crippen molar-refractivity contribution in [1.29, 1.82) is 0 Å². The topological polar surface area (TPSA) is 17.1 Å². The fourth-order valence-electron chi connectivity index (χ4n) is 0.753. The van der Waals surface area contributed by atoms with E-state index < -0.39 is 11.4 Å². The first-order valence-electron chi connectivity index (χ1n) is 3.10. The number of hydrogen-bond donors (Lipinski definition) is 0. The Morgan fingerprint density at radius 1 is 1.36 bits per heavy atom. The number of benzene rings is 1. The molecular weight excluding hydrogens is 167 g/mol. The van der Waals surface area contributed by atoms with Gasteiger partial charge in [0.15, 0.2) is 6.17 Å². The van der Waals surface area contributed by atoms with E-state index in [1.54, 1.807) is 18.2 Å². The molecule has 0 radical (unpaired) electrons. The molecule has 0 unspecified atom stereocenters. The number of halogens is 2. The van der Waals surface area contributed by atoms with Crippen molar-refractivity contribution in [3.05, 3.63) is 35.9 Å². The van der Waals surface area contributed by atoms with Crippen LogP contribution in [0.1, 0.15) is 11.7 Å². The van der Waals surface area contributed by atoms with Crippen molar-refractivity contribution in [2.45, 2.75) is 6.17 Å². The van der Waals surface area contributed by atoms with Crippen molar-refractivity contribution in [3.63, 3.8) is 0 Å². The van der Waals surface area contributed by atoms with E-state index in [-0.39, 0.29) is 0 Å². The van der Waals surface area contributed by atoms with Crippen molar-refractivity contribution in [2.75, 3.05) is 0 Å². The van der Waals surface area contributed by atoms with Gasteiger partial charge in [-0.25, -0.2) is 4.39 Å². The highest BCUT2D eigenvalue weighted by molar-refractivity contribution is 6.64. The van der Waals surface area contributed by atoms with Gasteiger partial charge >= 0.3 is 0 Å². The Morgan fingerprint density at radius 3 is 2.36 bits per heavy atom. The van der Waals surface area contributed by atoms with E-state index in [0.717, 1.165) is 0 Å². The van der Waals surface area contributed by atoms with E-state index in [1.807, 2.05) is 0 Å². The Labute approximate surface area is 68.8 Å². The number of carbonyl (C=O) groups is 1. The maximum absolute atomic E-state index is 12.8. The molecule has 0 N–H and O–H groups in total. The van der Waals surface area contributed by atoms with Crippen LogP contribution >= 0.6 is 11.6 Å². The van der Waals surface area contributed by atoms with Crippen LogP contribution in [-0.2, 0) is 4.79 Å². The first kappa shape index (κ1) is 8.21. The Bertz CT molecular complexity index is 248. The summed E-state index contributed by atoms with van der Waals surface area (Å²) in [6, 6.07) is 8.09. The maximum atomic E-state index is 12.8. The number of carbonyl (C=O) groups excluding carboxylic acids is 1. The first-order chi connectivity index (χ1) is 5.22. The van der Waals surface area contributed by atoms with Crippen molar-refractivity contribution in [2.24, 2.45) is 0 Å². The highest BCUT2D eigenvalue weighted by Gasteiger charge is 2.15. The summed E-state index contributed by atoms with van der Waals surface area (Å²) in [6.07, 6.45) is -1.70. The molecule has 0 bridgehead atoms. The third-order valence-corrected chi connectivity index (χ3v) is 1.48. The van der Waals surface area contributed by atoms with Gasteiger partial charge in [-0.3, -0.25) is 4.79 Å². The largest absolute Gasteiger partial charge is 0.278 e. The number of rotatable bonds is 2. The predicted octanol–water partition coefficient (Wildman–Crippen LogP) is 2.46. The molecule has 0 aliphatic carbocycles. The van der Waals surface area contributed by atoms with E-state index in [0.29, 0.717) is 5.56 Å². The van der Waals surface area contributed by atoms with Gasteiger partial charge in [-0.05, 0) is 17.2 Å². The van der Waals surface area contributed by atoms with Crippen LogP contribution in [0.15, 0.2) is 30.3 Å². The van der Waals surface area contributed by atoms with Crippen LogP contribution in [0.5, 0.6) is 0 Å². The number of hydrogen-bond acceptors (Lipinski definition) is 1. The molecule has 0 heterocycles. The average molecular weight is 173 g/mol. The minimum absolute atomic E-state index is 0.299. The molecule has 1 atom stereocenters. The fourth-order valence-corrected chi connectivity index (χ4v) is 0.879. The zero-order valence-electron chi connectivity index (χ0n) is 5.63. The summed E-state index contributed by atoms with van der Waals surface area (Å²) < 4.78 is 12.8. The first-order valence-corrected chi connectivity index (χ1v) is 3.48. The molecule has 0 aromatic heterocycles. The molecule has 0 fully saturated rings.